The summed E-state index contributed by atoms with van der Waals surface area (Å²) in [6.07, 6.45) is -5.82. The maximum absolute atomic E-state index is 13.9. The van der Waals surface area contributed by atoms with Gasteiger partial charge in [-0.2, -0.15) is 13.2 Å². The first-order valence-corrected chi connectivity index (χ1v) is 12.6. The molecular formula is C25H30F7N5O3. The molecule has 15 heteroatoms. The number of aliphatic carboxylic acids is 1. The van der Waals surface area contributed by atoms with Crippen molar-refractivity contribution >= 4 is 17.6 Å². The molecule has 2 aliphatic rings. The first kappa shape index (κ1) is 31.2. The maximum atomic E-state index is 13.9. The summed E-state index contributed by atoms with van der Waals surface area (Å²) in [5, 5.41) is 10.5. The van der Waals surface area contributed by atoms with Crippen LogP contribution in [0, 0.1) is 11.6 Å². The SMILES string of the molecule is CC(C)Nc1nc2c(nc1N1CCC(Oc3ccc(F)cc3F)CC1)CN(CC(F)F)CC2.O=C(O)C(F)(F)F. The van der Waals surface area contributed by atoms with Crippen LogP contribution in [0.25, 0.3) is 0 Å². The summed E-state index contributed by atoms with van der Waals surface area (Å²) in [6, 6.07) is 3.45. The van der Waals surface area contributed by atoms with Gasteiger partial charge in [-0.25, -0.2) is 32.3 Å². The molecule has 1 saturated heterocycles. The lowest BCUT2D eigenvalue weighted by Gasteiger charge is -2.35. The number of hydrogen-bond acceptors (Lipinski definition) is 7. The highest BCUT2D eigenvalue weighted by Gasteiger charge is 2.38. The first-order valence-electron chi connectivity index (χ1n) is 12.6. The molecule has 4 rings (SSSR count). The first-order chi connectivity index (χ1) is 18.7. The summed E-state index contributed by atoms with van der Waals surface area (Å²) < 4.78 is 90.3. The minimum Gasteiger partial charge on any atom is -0.487 e. The topological polar surface area (TPSA) is 90.8 Å². The lowest BCUT2D eigenvalue weighted by atomic mass is 10.1. The predicted molar refractivity (Wildman–Crippen MR) is 132 cm³/mol. The van der Waals surface area contributed by atoms with Gasteiger partial charge in [-0.3, -0.25) is 4.90 Å². The largest absolute Gasteiger partial charge is 0.490 e. The predicted octanol–water partition coefficient (Wildman–Crippen LogP) is 4.88. The summed E-state index contributed by atoms with van der Waals surface area (Å²) in [6.45, 7) is 5.90. The van der Waals surface area contributed by atoms with Crippen LogP contribution in [0.15, 0.2) is 18.2 Å². The molecule has 0 unspecified atom stereocenters. The molecule has 0 saturated carbocycles. The molecule has 0 aliphatic carbocycles. The number of carboxylic acids is 1. The molecule has 0 bridgehead atoms. The van der Waals surface area contributed by atoms with Crippen LogP contribution in [0.2, 0.25) is 0 Å². The number of anilines is 2. The summed E-state index contributed by atoms with van der Waals surface area (Å²) in [5.41, 5.74) is 1.58. The van der Waals surface area contributed by atoms with E-state index in [0.717, 1.165) is 17.5 Å². The van der Waals surface area contributed by atoms with Gasteiger partial charge in [0.1, 0.15) is 11.9 Å². The Hall–Kier alpha value is -3.36. The molecule has 2 aliphatic heterocycles. The summed E-state index contributed by atoms with van der Waals surface area (Å²) in [5.74, 6) is -2.67. The van der Waals surface area contributed by atoms with E-state index in [-0.39, 0.29) is 24.4 Å². The van der Waals surface area contributed by atoms with Crippen molar-refractivity contribution in [3.63, 3.8) is 0 Å². The van der Waals surface area contributed by atoms with Gasteiger partial charge < -0.3 is 20.1 Å². The van der Waals surface area contributed by atoms with E-state index < -0.39 is 30.2 Å². The third-order valence-electron chi connectivity index (χ3n) is 6.06. The van der Waals surface area contributed by atoms with Gasteiger partial charge in [0, 0.05) is 57.5 Å². The molecule has 1 aromatic carbocycles. The Labute approximate surface area is 226 Å². The Kier molecular flexibility index (Phi) is 10.4. The van der Waals surface area contributed by atoms with Crippen LogP contribution >= 0.6 is 0 Å². The zero-order valence-corrected chi connectivity index (χ0v) is 21.8. The number of benzene rings is 1. The number of aromatic nitrogens is 2. The second-order valence-electron chi connectivity index (χ2n) is 9.65. The summed E-state index contributed by atoms with van der Waals surface area (Å²) >= 11 is 0. The van der Waals surface area contributed by atoms with Crippen LogP contribution in [0.1, 0.15) is 38.1 Å². The number of piperidine rings is 1. The average Bonchev–Trinajstić information content (AvgIpc) is 2.85. The van der Waals surface area contributed by atoms with Gasteiger partial charge in [-0.15, -0.1) is 0 Å². The van der Waals surface area contributed by atoms with Gasteiger partial charge in [0.25, 0.3) is 6.43 Å². The molecule has 1 fully saturated rings. The van der Waals surface area contributed by atoms with E-state index >= 15 is 0 Å². The molecule has 0 spiro atoms. The number of halogens is 7. The molecule has 0 amide bonds. The van der Waals surface area contributed by atoms with Gasteiger partial charge in [0.2, 0.25) is 0 Å². The van der Waals surface area contributed by atoms with Gasteiger partial charge in [0.15, 0.2) is 23.2 Å². The van der Waals surface area contributed by atoms with Crippen LogP contribution < -0.4 is 15.0 Å². The van der Waals surface area contributed by atoms with Crippen molar-refractivity contribution in [3.05, 3.63) is 41.2 Å². The van der Waals surface area contributed by atoms with Crippen molar-refractivity contribution in [3.8, 4) is 5.75 Å². The lowest BCUT2D eigenvalue weighted by molar-refractivity contribution is -0.192. The van der Waals surface area contributed by atoms with Crippen molar-refractivity contribution in [1.82, 2.24) is 14.9 Å². The molecule has 2 aromatic rings. The van der Waals surface area contributed by atoms with Gasteiger partial charge in [-0.05, 0) is 26.0 Å². The number of fused-ring (bicyclic) bond motifs is 1. The Morgan fingerprint density at radius 3 is 2.33 bits per heavy atom. The zero-order chi connectivity index (χ0) is 29.6. The normalized spacial score (nSPS) is 16.4. The smallest absolute Gasteiger partial charge is 0.487 e. The van der Waals surface area contributed by atoms with Crippen molar-refractivity contribution in [2.75, 3.05) is 36.4 Å². The van der Waals surface area contributed by atoms with E-state index in [2.05, 4.69) is 10.2 Å². The van der Waals surface area contributed by atoms with E-state index in [1.165, 1.54) is 12.1 Å². The summed E-state index contributed by atoms with van der Waals surface area (Å²) in [7, 11) is 0. The van der Waals surface area contributed by atoms with E-state index in [9.17, 15) is 30.7 Å². The minimum absolute atomic E-state index is 0.0460. The second-order valence-corrected chi connectivity index (χ2v) is 9.65. The van der Waals surface area contributed by atoms with Gasteiger partial charge >= 0.3 is 12.1 Å². The number of ether oxygens (including phenoxy) is 1. The molecule has 0 atom stereocenters. The van der Waals surface area contributed by atoms with Crippen LogP contribution in [0.5, 0.6) is 5.75 Å². The highest BCUT2D eigenvalue weighted by molar-refractivity contribution is 5.73. The van der Waals surface area contributed by atoms with Crippen LogP contribution in [-0.2, 0) is 17.8 Å². The van der Waals surface area contributed by atoms with Crippen molar-refractivity contribution in [1.29, 1.82) is 0 Å². The highest BCUT2D eigenvalue weighted by Crippen LogP contribution is 2.31. The number of hydrogen-bond donors (Lipinski definition) is 2. The monoisotopic (exact) mass is 581 g/mol. The third kappa shape index (κ3) is 8.83. The summed E-state index contributed by atoms with van der Waals surface area (Å²) in [4.78, 5) is 22.4. The second kappa shape index (κ2) is 13.3. The van der Waals surface area contributed by atoms with E-state index in [4.69, 9.17) is 24.6 Å². The molecule has 1 aromatic heterocycles. The molecule has 3 heterocycles. The van der Waals surface area contributed by atoms with E-state index in [0.29, 0.717) is 57.1 Å². The van der Waals surface area contributed by atoms with Crippen LogP contribution in [0.4, 0.5) is 42.4 Å². The fraction of sp³-hybridized carbons (Fsp3) is 0.560. The number of carbonyl (C=O) groups is 1. The number of alkyl halides is 5. The molecule has 222 valence electrons. The van der Waals surface area contributed by atoms with Crippen LogP contribution in [0.3, 0.4) is 0 Å². The third-order valence-corrected chi connectivity index (χ3v) is 6.06. The number of carboxylic acid groups (broad SMARTS) is 1. The average molecular weight is 582 g/mol. The molecule has 2 N–H and O–H groups in total. The van der Waals surface area contributed by atoms with E-state index in [1.54, 1.807) is 4.90 Å². The lowest BCUT2D eigenvalue weighted by Crippen LogP contribution is -2.40. The fourth-order valence-corrected chi connectivity index (χ4v) is 4.25. The minimum atomic E-state index is -5.08. The van der Waals surface area contributed by atoms with E-state index in [1.807, 2.05) is 13.8 Å². The van der Waals surface area contributed by atoms with Crippen molar-refractivity contribution in [2.45, 2.75) is 64.4 Å². The molecule has 0 radical (unpaired) electrons. The molecule has 40 heavy (non-hydrogen) atoms. The standard InChI is InChI=1S/C23H29F4N5O.C2HF3O2/c1-14(2)28-22-23(30-19-12-31(13-21(26)27)8-7-18(19)29-22)32-9-5-16(6-10-32)33-20-4-3-15(24)11-17(20)25;3-2(4,5)1(6)7/h3-4,11,14,16,21H,5-10,12-13H2,1-2H3,(H,28,29);(H,6,7). The molecule has 8 nitrogen and oxygen atoms in total. The van der Waals surface area contributed by atoms with Gasteiger partial charge in [-0.1, -0.05) is 0 Å². The number of rotatable bonds is 7. The Bertz CT molecular complexity index is 1160. The quantitative estimate of drug-likeness (QED) is 0.448. The fourth-order valence-electron chi connectivity index (χ4n) is 4.25. The molecular weight excluding hydrogens is 551 g/mol. The number of nitrogens with one attached hydrogen (secondary N) is 1. The van der Waals surface area contributed by atoms with Crippen LogP contribution in [-0.4, -0.2) is 76.9 Å². The maximum Gasteiger partial charge on any atom is 0.490 e. The Balaban J connectivity index is 0.000000559. The Morgan fingerprint density at radius 2 is 1.77 bits per heavy atom. The highest BCUT2D eigenvalue weighted by atomic mass is 19.4. The van der Waals surface area contributed by atoms with Crippen molar-refractivity contribution < 1.29 is 45.4 Å². The van der Waals surface area contributed by atoms with Gasteiger partial charge in [0.05, 0.1) is 17.9 Å². The number of nitrogens with zero attached hydrogens (tertiary/aromatic N) is 4. The zero-order valence-electron chi connectivity index (χ0n) is 21.8. The van der Waals surface area contributed by atoms with Crippen molar-refractivity contribution in [2.24, 2.45) is 0 Å². The Morgan fingerprint density at radius 1 is 1.12 bits per heavy atom.